The van der Waals surface area contributed by atoms with E-state index >= 15 is 0 Å². The van der Waals surface area contributed by atoms with Crippen molar-refractivity contribution in [3.8, 4) is 5.75 Å². The molecule has 0 aliphatic carbocycles. The highest BCUT2D eigenvalue weighted by Gasteiger charge is 2.10. The van der Waals surface area contributed by atoms with Crippen LogP contribution in [0, 0.1) is 5.41 Å². The van der Waals surface area contributed by atoms with Crippen molar-refractivity contribution in [2.24, 2.45) is 5.41 Å². The molecule has 0 saturated carbocycles. The average molecular weight is 206 g/mol. The molecule has 0 fully saturated rings. The Hall–Kier alpha value is -0.980. The maximum atomic E-state index is 5.80. The van der Waals surface area contributed by atoms with Crippen molar-refractivity contribution in [2.45, 2.75) is 40.5 Å². The molecule has 1 heteroatoms. The Morgan fingerprint density at radius 2 is 1.80 bits per heavy atom. The fraction of sp³-hybridized carbons (Fsp3) is 0.571. The zero-order valence-corrected chi connectivity index (χ0v) is 10.3. The lowest BCUT2D eigenvalue weighted by Gasteiger charge is -2.18. The largest absolute Gasteiger partial charge is 0.493 e. The quantitative estimate of drug-likeness (QED) is 0.721. The second-order valence-corrected chi connectivity index (χ2v) is 5.12. The summed E-state index contributed by atoms with van der Waals surface area (Å²) in [5, 5.41) is 0. The molecule has 1 nitrogen and oxygen atoms in total. The minimum atomic E-state index is 0.348. The number of benzene rings is 1. The highest BCUT2D eigenvalue weighted by molar-refractivity contribution is 5.33. The van der Waals surface area contributed by atoms with Crippen LogP contribution in [0.15, 0.2) is 24.3 Å². The molecule has 0 N–H and O–H groups in total. The standard InChI is InChI=1S/C14H22O/c1-5-12-8-6-7-9-13(12)15-11-10-14(2,3)4/h6-9H,5,10-11H2,1-4H3. The summed E-state index contributed by atoms with van der Waals surface area (Å²) in [6, 6.07) is 8.29. The molecule has 0 aromatic heterocycles. The molecule has 0 spiro atoms. The van der Waals surface area contributed by atoms with E-state index in [9.17, 15) is 0 Å². The first-order valence-electron chi connectivity index (χ1n) is 5.73. The molecule has 0 saturated heterocycles. The van der Waals surface area contributed by atoms with Crippen molar-refractivity contribution in [3.63, 3.8) is 0 Å². The summed E-state index contributed by atoms with van der Waals surface area (Å²) >= 11 is 0. The normalized spacial score (nSPS) is 11.5. The van der Waals surface area contributed by atoms with Gasteiger partial charge in [0.25, 0.3) is 0 Å². The second-order valence-electron chi connectivity index (χ2n) is 5.12. The fourth-order valence-electron chi connectivity index (χ4n) is 1.40. The van der Waals surface area contributed by atoms with Crippen LogP contribution in [0.4, 0.5) is 0 Å². The van der Waals surface area contributed by atoms with Crippen molar-refractivity contribution in [3.05, 3.63) is 29.8 Å². The first kappa shape index (κ1) is 12.1. The SMILES string of the molecule is CCc1ccccc1OCCC(C)(C)C. The Balaban J connectivity index is 2.50. The van der Waals surface area contributed by atoms with E-state index in [4.69, 9.17) is 4.74 Å². The topological polar surface area (TPSA) is 9.23 Å². The molecule has 84 valence electrons. The summed E-state index contributed by atoms with van der Waals surface area (Å²) in [6.07, 6.45) is 2.12. The molecule has 0 radical (unpaired) electrons. The summed E-state index contributed by atoms with van der Waals surface area (Å²) in [5.41, 5.74) is 1.65. The Kier molecular flexibility index (Phi) is 4.19. The van der Waals surface area contributed by atoms with Gasteiger partial charge in [-0.05, 0) is 29.9 Å². The fourth-order valence-corrected chi connectivity index (χ4v) is 1.40. The highest BCUT2D eigenvalue weighted by Crippen LogP contribution is 2.22. The van der Waals surface area contributed by atoms with Crippen LogP contribution >= 0.6 is 0 Å². The Labute approximate surface area is 93.5 Å². The number of hydrogen-bond acceptors (Lipinski definition) is 1. The van der Waals surface area contributed by atoms with E-state index in [-0.39, 0.29) is 0 Å². The minimum Gasteiger partial charge on any atom is -0.493 e. The summed E-state index contributed by atoms with van der Waals surface area (Å²) in [7, 11) is 0. The van der Waals surface area contributed by atoms with Gasteiger partial charge < -0.3 is 4.74 Å². The van der Waals surface area contributed by atoms with Gasteiger partial charge in [-0.15, -0.1) is 0 Å². The molecule has 0 bridgehead atoms. The lowest BCUT2D eigenvalue weighted by atomic mass is 9.93. The lowest BCUT2D eigenvalue weighted by molar-refractivity contribution is 0.241. The second kappa shape index (κ2) is 5.20. The van der Waals surface area contributed by atoms with Gasteiger partial charge in [0.1, 0.15) is 5.75 Å². The molecule has 1 aromatic rings. The first-order valence-corrected chi connectivity index (χ1v) is 5.73. The van der Waals surface area contributed by atoms with Gasteiger partial charge in [0.05, 0.1) is 6.61 Å². The Morgan fingerprint density at radius 1 is 1.13 bits per heavy atom. The van der Waals surface area contributed by atoms with Crippen molar-refractivity contribution >= 4 is 0 Å². The third kappa shape index (κ3) is 4.37. The number of aryl methyl sites for hydroxylation is 1. The number of rotatable bonds is 4. The number of ether oxygens (including phenoxy) is 1. The Bertz CT molecular complexity index is 296. The zero-order valence-electron chi connectivity index (χ0n) is 10.3. The van der Waals surface area contributed by atoms with Gasteiger partial charge in [-0.1, -0.05) is 45.9 Å². The predicted molar refractivity (Wildman–Crippen MR) is 65.4 cm³/mol. The van der Waals surface area contributed by atoms with E-state index < -0.39 is 0 Å². The van der Waals surface area contributed by atoms with Crippen molar-refractivity contribution < 1.29 is 4.74 Å². The van der Waals surface area contributed by atoms with Crippen LogP contribution < -0.4 is 4.74 Å². The summed E-state index contributed by atoms with van der Waals surface area (Å²) in [4.78, 5) is 0. The van der Waals surface area contributed by atoms with Gasteiger partial charge in [-0.25, -0.2) is 0 Å². The number of hydrogen-bond donors (Lipinski definition) is 0. The highest BCUT2D eigenvalue weighted by atomic mass is 16.5. The minimum absolute atomic E-state index is 0.348. The maximum absolute atomic E-state index is 5.80. The average Bonchev–Trinajstić information content (AvgIpc) is 2.16. The third-order valence-corrected chi connectivity index (χ3v) is 2.46. The van der Waals surface area contributed by atoms with E-state index in [1.165, 1.54) is 5.56 Å². The van der Waals surface area contributed by atoms with Crippen molar-refractivity contribution in [2.75, 3.05) is 6.61 Å². The summed E-state index contributed by atoms with van der Waals surface area (Å²) in [5.74, 6) is 1.05. The predicted octanol–water partition coefficient (Wildman–Crippen LogP) is 4.06. The molecular weight excluding hydrogens is 184 g/mol. The van der Waals surface area contributed by atoms with E-state index in [0.717, 1.165) is 25.2 Å². The van der Waals surface area contributed by atoms with E-state index in [2.05, 4.69) is 45.9 Å². The van der Waals surface area contributed by atoms with E-state index in [1.807, 2.05) is 6.07 Å². The first-order chi connectivity index (χ1) is 7.03. The molecule has 0 amide bonds. The molecule has 15 heavy (non-hydrogen) atoms. The van der Waals surface area contributed by atoms with Crippen molar-refractivity contribution in [1.29, 1.82) is 0 Å². The molecule has 0 aliphatic rings. The zero-order chi connectivity index (χ0) is 11.3. The van der Waals surface area contributed by atoms with Crippen molar-refractivity contribution in [1.82, 2.24) is 0 Å². The van der Waals surface area contributed by atoms with Crippen LogP contribution in [0.25, 0.3) is 0 Å². The molecule has 0 heterocycles. The summed E-state index contributed by atoms with van der Waals surface area (Å²) in [6.45, 7) is 9.68. The lowest BCUT2D eigenvalue weighted by Crippen LogP contribution is -2.11. The summed E-state index contributed by atoms with van der Waals surface area (Å²) < 4.78 is 5.80. The van der Waals surface area contributed by atoms with E-state index in [0.29, 0.717) is 5.41 Å². The van der Waals surface area contributed by atoms with Crippen LogP contribution in [0.1, 0.15) is 39.7 Å². The van der Waals surface area contributed by atoms with Crippen LogP contribution in [0.2, 0.25) is 0 Å². The molecule has 0 unspecified atom stereocenters. The molecule has 1 aromatic carbocycles. The molecule has 0 aliphatic heterocycles. The van der Waals surface area contributed by atoms with Crippen LogP contribution in [0.5, 0.6) is 5.75 Å². The van der Waals surface area contributed by atoms with Crippen LogP contribution in [-0.2, 0) is 6.42 Å². The van der Waals surface area contributed by atoms with Gasteiger partial charge in [0.15, 0.2) is 0 Å². The smallest absolute Gasteiger partial charge is 0.122 e. The maximum Gasteiger partial charge on any atom is 0.122 e. The van der Waals surface area contributed by atoms with Gasteiger partial charge in [-0.2, -0.15) is 0 Å². The third-order valence-electron chi connectivity index (χ3n) is 2.46. The van der Waals surface area contributed by atoms with Crippen LogP contribution in [-0.4, -0.2) is 6.61 Å². The molecule has 0 atom stereocenters. The van der Waals surface area contributed by atoms with Gasteiger partial charge in [-0.3, -0.25) is 0 Å². The van der Waals surface area contributed by atoms with Gasteiger partial charge in [0.2, 0.25) is 0 Å². The van der Waals surface area contributed by atoms with Crippen LogP contribution in [0.3, 0.4) is 0 Å². The Morgan fingerprint density at radius 3 is 2.40 bits per heavy atom. The number of para-hydroxylation sites is 1. The molecule has 1 rings (SSSR count). The van der Waals surface area contributed by atoms with Gasteiger partial charge >= 0.3 is 0 Å². The van der Waals surface area contributed by atoms with Gasteiger partial charge in [0, 0.05) is 0 Å². The molecular formula is C14H22O. The monoisotopic (exact) mass is 206 g/mol. The van der Waals surface area contributed by atoms with E-state index in [1.54, 1.807) is 0 Å².